The van der Waals surface area contributed by atoms with Crippen LogP contribution in [0.1, 0.15) is 6.92 Å². The Kier molecular flexibility index (Phi) is 5.72. The zero-order chi connectivity index (χ0) is 9.40. The third-order valence-electron chi connectivity index (χ3n) is 0.847. The fraction of sp³-hybridized carbons (Fsp3) is 0.667. The van der Waals surface area contributed by atoms with Crippen molar-refractivity contribution in [3.8, 4) is 0 Å². The van der Waals surface area contributed by atoms with Crippen molar-refractivity contribution in [2.75, 3.05) is 13.2 Å². The molecule has 0 fully saturated rings. The lowest BCUT2D eigenvalue weighted by molar-refractivity contribution is -0.152. The Morgan fingerprint density at radius 1 is 1.67 bits per heavy atom. The maximum absolute atomic E-state index is 10.6. The molecule has 0 saturated heterocycles. The number of rotatable bonds is 5. The van der Waals surface area contributed by atoms with E-state index >= 15 is 0 Å². The summed E-state index contributed by atoms with van der Waals surface area (Å²) in [6.45, 7) is 1.86. The Morgan fingerprint density at radius 3 is 2.83 bits per heavy atom. The topological polar surface area (TPSA) is 87.8 Å². The number of nitrogens with two attached hydrogens (primary N) is 1. The van der Waals surface area contributed by atoms with Crippen molar-refractivity contribution in [1.82, 2.24) is 0 Å². The molecule has 6 nitrogen and oxygen atoms in total. The molecule has 0 amide bonds. The van der Waals surface area contributed by atoms with Crippen molar-refractivity contribution in [3.63, 3.8) is 0 Å². The molecule has 0 spiro atoms. The average Bonchev–Trinajstić information content (AvgIpc) is 2.01. The summed E-state index contributed by atoms with van der Waals surface area (Å²) in [7, 11) is 0. The zero-order valence-electron chi connectivity index (χ0n) is 6.69. The molecule has 70 valence electrons. The van der Waals surface area contributed by atoms with Gasteiger partial charge in [0.1, 0.15) is 6.61 Å². The van der Waals surface area contributed by atoms with Crippen LogP contribution in [0.25, 0.3) is 0 Å². The van der Waals surface area contributed by atoms with Gasteiger partial charge in [0.2, 0.25) is 6.29 Å². The molecular weight excluding hydrogens is 166 g/mol. The molecule has 0 aliphatic rings. The van der Waals surface area contributed by atoms with Gasteiger partial charge in [0.05, 0.1) is 0 Å². The summed E-state index contributed by atoms with van der Waals surface area (Å²) in [6, 6.07) is 0. The van der Waals surface area contributed by atoms with Gasteiger partial charge in [-0.2, -0.15) is 0 Å². The van der Waals surface area contributed by atoms with Crippen LogP contribution >= 0.6 is 0 Å². The van der Waals surface area contributed by atoms with E-state index in [1.807, 2.05) is 0 Å². The van der Waals surface area contributed by atoms with E-state index in [2.05, 4.69) is 14.2 Å². The van der Waals surface area contributed by atoms with Crippen LogP contribution in [0.4, 0.5) is 4.79 Å². The van der Waals surface area contributed by atoms with Crippen molar-refractivity contribution in [3.05, 3.63) is 0 Å². The van der Waals surface area contributed by atoms with Gasteiger partial charge >= 0.3 is 6.16 Å². The molecule has 0 aliphatic heterocycles. The van der Waals surface area contributed by atoms with Gasteiger partial charge in [-0.3, -0.25) is 4.79 Å². The van der Waals surface area contributed by atoms with Crippen LogP contribution < -0.4 is 5.73 Å². The first-order valence-electron chi connectivity index (χ1n) is 3.33. The van der Waals surface area contributed by atoms with Gasteiger partial charge in [-0.15, -0.1) is 0 Å². The Balaban J connectivity index is 3.46. The second-order valence-corrected chi connectivity index (χ2v) is 1.80. The first kappa shape index (κ1) is 10.7. The lowest BCUT2D eigenvalue weighted by Gasteiger charge is -2.09. The highest BCUT2D eigenvalue weighted by Gasteiger charge is 2.09. The summed E-state index contributed by atoms with van der Waals surface area (Å²) in [6.07, 6.45) is -1.84. The quantitative estimate of drug-likeness (QED) is 0.350. The lowest BCUT2D eigenvalue weighted by Crippen LogP contribution is -2.20. The standard InChI is InChI=1S/C6H11NO5/c1-5(11-4-8)12-6(9)10-3-2-7/h4-5H,2-3,7H2,1H3. The van der Waals surface area contributed by atoms with E-state index in [1.165, 1.54) is 6.92 Å². The van der Waals surface area contributed by atoms with Crippen LogP contribution in [0, 0.1) is 0 Å². The molecule has 0 bridgehead atoms. The predicted octanol–water partition coefficient (Wildman–Crippen LogP) is -0.383. The fourth-order valence-corrected chi connectivity index (χ4v) is 0.418. The molecule has 6 heteroatoms. The summed E-state index contributed by atoms with van der Waals surface area (Å²) in [5.41, 5.74) is 5.05. The highest BCUT2D eigenvalue weighted by Crippen LogP contribution is 1.93. The normalized spacial score (nSPS) is 11.5. The monoisotopic (exact) mass is 177 g/mol. The van der Waals surface area contributed by atoms with Gasteiger partial charge in [0, 0.05) is 13.5 Å². The SMILES string of the molecule is CC(OC=O)OC(=O)OCCN. The van der Waals surface area contributed by atoms with Crippen LogP contribution in [-0.2, 0) is 19.0 Å². The van der Waals surface area contributed by atoms with E-state index in [1.54, 1.807) is 0 Å². The zero-order valence-corrected chi connectivity index (χ0v) is 6.69. The van der Waals surface area contributed by atoms with Crippen LogP contribution in [0.3, 0.4) is 0 Å². The second-order valence-electron chi connectivity index (χ2n) is 1.80. The van der Waals surface area contributed by atoms with Gasteiger partial charge in [-0.05, 0) is 0 Å². The van der Waals surface area contributed by atoms with Crippen molar-refractivity contribution in [2.24, 2.45) is 5.73 Å². The Morgan fingerprint density at radius 2 is 2.33 bits per heavy atom. The van der Waals surface area contributed by atoms with Crippen LogP contribution in [0.2, 0.25) is 0 Å². The van der Waals surface area contributed by atoms with E-state index in [0.29, 0.717) is 0 Å². The number of hydrogen-bond donors (Lipinski definition) is 1. The van der Waals surface area contributed by atoms with Gasteiger partial charge < -0.3 is 19.9 Å². The summed E-state index contributed by atoms with van der Waals surface area (Å²) >= 11 is 0. The molecule has 0 radical (unpaired) electrons. The molecule has 2 N–H and O–H groups in total. The van der Waals surface area contributed by atoms with Crippen molar-refractivity contribution < 1.29 is 23.8 Å². The van der Waals surface area contributed by atoms with E-state index < -0.39 is 12.4 Å². The highest BCUT2D eigenvalue weighted by atomic mass is 16.8. The number of hydrogen-bond acceptors (Lipinski definition) is 6. The fourth-order valence-electron chi connectivity index (χ4n) is 0.418. The first-order chi connectivity index (χ1) is 5.70. The largest absolute Gasteiger partial charge is 0.511 e. The summed E-state index contributed by atoms with van der Waals surface area (Å²) in [5, 5.41) is 0. The summed E-state index contributed by atoms with van der Waals surface area (Å²) in [4.78, 5) is 20.3. The van der Waals surface area contributed by atoms with Crippen molar-refractivity contribution >= 4 is 12.6 Å². The smallest absolute Gasteiger partial charge is 0.433 e. The van der Waals surface area contributed by atoms with E-state index in [0.717, 1.165) is 0 Å². The highest BCUT2D eigenvalue weighted by molar-refractivity contribution is 5.60. The lowest BCUT2D eigenvalue weighted by atomic mass is 10.7. The minimum Gasteiger partial charge on any atom is -0.433 e. The third kappa shape index (κ3) is 5.48. The Labute approximate surface area is 69.6 Å². The number of ether oxygens (including phenoxy) is 3. The van der Waals surface area contributed by atoms with E-state index in [-0.39, 0.29) is 19.6 Å². The molecule has 0 aromatic carbocycles. The average molecular weight is 177 g/mol. The number of carbonyl (C=O) groups excluding carboxylic acids is 2. The Hall–Kier alpha value is -1.30. The number of carbonyl (C=O) groups is 2. The molecule has 12 heavy (non-hydrogen) atoms. The minimum absolute atomic E-state index is 0.0760. The Bertz CT molecular complexity index is 149. The van der Waals surface area contributed by atoms with Crippen molar-refractivity contribution in [2.45, 2.75) is 13.2 Å². The van der Waals surface area contributed by atoms with Gasteiger partial charge in [-0.1, -0.05) is 0 Å². The third-order valence-corrected chi connectivity index (χ3v) is 0.847. The minimum atomic E-state index is -0.937. The van der Waals surface area contributed by atoms with Crippen LogP contribution in [0.15, 0.2) is 0 Å². The molecular formula is C6H11NO5. The predicted molar refractivity (Wildman–Crippen MR) is 38.1 cm³/mol. The molecule has 0 aromatic rings. The van der Waals surface area contributed by atoms with Crippen LogP contribution in [0.5, 0.6) is 0 Å². The maximum Gasteiger partial charge on any atom is 0.511 e. The molecule has 0 saturated carbocycles. The molecule has 0 aliphatic carbocycles. The molecule has 1 atom stereocenters. The van der Waals surface area contributed by atoms with E-state index in [9.17, 15) is 9.59 Å². The second kappa shape index (κ2) is 6.41. The molecule has 0 heterocycles. The van der Waals surface area contributed by atoms with Gasteiger partial charge in [0.15, 0.2) is 0 Å². The summed E-state index contributed by atoms with van der Waals surface area (Å²) < 4.78 is 13.1. The van der Waals surface area contributed by atoms with Crippen LogP contribution in [-0.4, -0.2) is 32.1 Å². The molecule has 1 unspecified atom stereocenters. The van der Waals surface area contributed by atoms with Crippen molar-refractivity contribution in [1.29, 1.82) is 0 Å². The molecule has 0 rings (SSSR count). The molecule has 0 aromatic heterocycles. The van der Waals surface area contributed by atoms with Gasteiger partial charge in [0.25, 0.3) is 6.47 Å². The van der Waals surface area contributed by atoms with Gasteiger partial charge in [-0.25, -0.2) is 4.79 Å². The van der Waals surface area contributed by atoms with E-state index in [4.69, 9.17) is 5.73 Å². The maximum atomic E-state index is 10.6. The first-order valence-corrected chi connectivity index (χ1v) is 3.33. The summed E-state index contributed by atoms with van der Waals surface area (Å²) in [5.74, 6) is 0.